The maximum Gasteiger partial charge on any atom is 0.232 e. The molecule has 0 aliphatic rings. The zero-order valence-corrected chi connectivity index (χ0v) is 22.9. The largest absolute Gasteiger partial charge is 0.324 e. The van der Waals surface area contributed by atoms with Crippen molar-refractivity contribution in [3.63, 3.8) is 0 Å². The molecule has 0 aliphatic heterocycles. The summed E-state index contributed by atoms with van der Waals surface area (Å²) in [5.41, 5.74) is 3.52. The summed E-state index contributed by atoms with van der Waals surface area (Å²) in [6.07, 6.45) is 15.7. The molecule has 2 rings (SSSR count). The van der Waals surface area contributed by atoms with Crippen LogP contribution >= 0.6 is 23.5 Å². The number of thioether (sulfide) groups is 2. The Morgan fingerprint density at radius 2 is 1.06 bits per heavy atom. The summed E-state index contributed by atoms with van der Waals surface area (Å²) in [5, 5.41) is 5.11. The maximum absolute atomic E-state index is 4.77. The molecule has 1 N–H and O–H groups in total. The Labute approximate surface area is 211 Å². The van der Waals surface area contributed by atoms with Crippen molar-refractivity contribution in [2.75, 3.05) is 16.8 Å². The molecule has 0 fully saturated rings. The third-order valence-electron chi connectivity index (χ3n) is 5.53. The number of hydrogen-bond acceptors (Lipinski definition) is 6. The van der Waals surface area contributed by atoms with Gasteiger partial charge in [0.1, 0.15) is 0 Å². The highest BCUT2D eigenvalue weighted by atomic mass is 32.2. The second-order valence-electron chi connectivity index (χ2n) is 8.96. The number of unbranched alkanes of at least 4 members (excludes halogenated alkanes) is 10. The fourth-order valence-corrected chi connectivity index (χ4v) is 5.51. The topological polar surface area (TPSA) is 50.7 Å². The van der Waals surface area contributed by atoms with Crippen LogP contribution in [0, 0.1) is 13.8 Å². The van der Waals surface area contributed by atoms with Crippen LogP contribution in [0.2, 0.25) is 0 Å². The first-order chi connectivity index (χ1) is 16.1. The fourth-order valence-electron chi connectivity index (χ4n) is 3.79. The first kappa shape index (κ1) is 28.0. The van der Waals surface area contributed by atoms with Crippen LogP contribution in [0.4, 0.5) is 11.6 Å². The second kappa shape index (κ2) is 17.2. The second-order valence-corrected chi connectivity index (χ2v) is 11.1. The first-order valence-electron chi connectivity index (χ1n) is 13.0. The van der Waals surface area contributed by atoms with E-state index in [0.717, 1.165) is 27.5 Å². The van der Waals surface area contributed by atoms with Gasteiger partial charge in [-0.25, -0.2) is 0 Å². The number of nitrogens with zero attached hydrogens (tertiary/aromatic N) is 3. The van der Waals surface area contributed by atoms with Gasteiger partial charge in [0.25, 0.3) is 0 Å². The van der Waals surface area contributed by atoms with Gasteiger partial charge in [-0.1, -0.05) is 108 Å². The highest BCUT2D eigenvalue weighted by Crippen LogP contribution is 2.25. The van der Waals surface area contributed by atoms with Crippen LogP contribution in [0.25, 0.3) is 0 Å². The molecule has 0 amide bonds. The standard InChI is InChI=1S/C27H44N4S2/c1-5-7-9-11-13-15-17-32-26-29-25(28-24-20-22(3)19-23(4)21-24)30-27(31-26)33-18-16-14-12-10-8-6-2/h19-21H,5-18H2,1-4H3,(H,28,29,30,31). The zero-order chi connectivity index (χ0) is 23.7. The molecule has 184 valence electrons. The van der Waals surface area contributed by atoms with Gasteiger partial charge in [0.05, 0.1) is 0 Å². The maximum atomic E-state index is 4.77. The van der Waals surface area contributed by atoms with E-state index in [1.165, 1.54) is 88.2 Å². The molecule has 0 atom stereocenters. The third-order valence-corrected chi connectivity index (χ3v) is 7.40. The lowest BCUT2D eigenvalue weighted by Crippen LogP contribution is -2.03. The van der Waals surface area contributed by atoms with Gasteiger partial charge in [-0.3, -0.25) is 0 Å². The number of hydrogen-bond donors (Lipinski definition) is 1. The summed E-state index contributed by atoms with van der Waals surface area (Å²) in [6.45, 7) is 8.77. The highest BCUT2D eigenvalue weighted by Gasteiger charge is 2.09. The van der Waals surface area contributed by atoms with Gasteiger partial charge in [0.2, 0.25) is 5.95 Å². The molecule has 2 aromatic rings. The summed E-state index contributed by atoms with van der Waals surface area (Å²) in [7, 11) is 0. The van der Waals surface area contributed by atoms with Crippen molar-refractivity contribution in [2.24, 2.45) is 0 Å². The van der Waals surface area contributed by atoms with Crippen molar-refractivity contribution in [3.8, 4) is 0 Å². The normalized spacial score (nSPS) is 11.2. The number of aromatic nitrogens is 3. The predicted octanol–water partition coefficient (Wildman–Crippen LogP) is 9.14. The van der Waals surface area contributed by atoms with Crippen molar-refractivity contribution in [1.29, 1.82) is 0 Å². The van der Waals surface area contributed by atoms with E-state index in [4.69, 9.17) is 15.0 Å². The average Bonchev–Trinajstić information content (AvgIpc) is 2.77. The van der Waals surface area contributed by atoms with E-state index < -0.39 is 0 Å². The Balaban J connectivity index is 1.94. The van der Waals surface area contributed by atoms with Crippen molar-refractivity contribution in [3.05, 3.63) is 29.3 Å². The van der Waals surface area contributed by atoms with Crippen molar-refractivity contribution >= 4 is 35.2 Å². The van der Waals surface area contributed by atoms with E-state index in [1.807, 2.05) is 0 Å². The Morgan fingerprint density at radius 1 is 0.606 bits per heavy atom. The monoisotopic (exact) mass is 488 g/mol. The van der Waals surface area contributed by atoms with Gasteiger partial charge in [-0.05, 0) is 49.9 Å². The molecule has 33 heavy (non-hydrogen) atoms. The van der Waals surface area contributed by atoms with Crippen LogP contribution in [0.5, 0.6) is 0 Å². The van der Waals surface area contributed by atoms with Crippen LogP contribution in [-0.4, -0.2) is 26.5 Å². The summed E-state index contributed by atoms with van der Waals surface area (Å²) in [4.78, 5) is 14.2. The van der Waals surface area contributed by atoms with Gasteiger partial charge in [-0.15, -0.1) is 0 Å². The molecular weight excluding hydrogens is 444 g/mol. The molecule has 0 radical (unpaired) electrons. The summed E-state index contributed by atoms with van der Waals surface area (Å²) in [5.74, 6) is 2.80. The molecule has 1 aromatic heterocycles. The predicted molar refractivity (Wildman–Crippen MR) is 147 cm³/mol. The van der Waals surface area contributed by atoms with Gasteiger partial charge < -0.3 is 5.32 Å². The van der Waals surface area contributed by atoms with E-state index in [0.29, 0.717) is 5.95 Å². The summed E-state index contributed by atoms with van der Waals surface area (Å²) in [6, 6.07) is 6.47. The van der Waals surface area contributed by atoms with Crippen molar-refractivity contribution in [1.82, 2.24) is 15.0 Å². The number of anilines is 2. The van der Waals surface area contributed by atoms with Crippen LogP contribution in [0.1, 0.15) is 102 Å². The van der Waals surface area contributed by atoms with E-state index in [1.54, 1.807) is 23.5 Å². The van der Waals surface area contributed by atoms with Crippen LogP contribution < -0.4 is 5.32 Å². The van der Waals surface area contributed by atoms with E-state index in [2.05, 4.69) is 51.2 Å². The first-order valence-corrected chi connectivity index (χ1v) is 14.9. The summed E-state index contributed by atoms with van der Waals surface area (Å²) >= 11 is 3.53. The van der Waals surface area contributed by atoms with Crippen LogP contribution in [0.3, 0.4) is 0 Å². The van der Waals surface area contributed by atoms with E-state index >= 15 is 0 Å². The lowest BCUT2D eigenvalue weighted by molar-refractivity contribution is 0.626. The van der Waals surface area contributed by atoms with Crippen LogP contribution in [-0.2, 0) is 0 Å². The van der Waals surface area contributed by atoms with E-state index in [9.17, 15) is 0 Å². The molecule has 0 saturated carbocycles. The molecule has 4 nitrogen and oxygen atoms in total. The molecule has 0 aliphatic carbocycles. The Hall–Kier alpha value is -1.27. The minimum atomic E-state index is 0.658. The number of rotatable bonds is 18. The number of aryl methyl sites for hydroxylation is 2. The highest BCUT2D eigenvalue weighted by molar-refractivity contribution is 7.99. The Bertz CT molecular complexity index is 741. The number of nitrogens with one attached hydrogen (secondary N) is 1. The Morgan fingerprint density at radius 3 is 1.55 bits per heavy atom. The average molecular weight is 489 g/mol. The smallest absolute Gasteiger partial charge is 0.232 e. The van der Waals surface area contributed by atoms with Crippen molar-refractivity contribution < 1.29 is 0 Å². The number of benzene rings is 1. The minimum absolute atomic E-state index is 0.658. The van der Waals surface area contributed by atoms with Gasteiger partial charge in [0, 0.05) is 17.2 Å². The molecule has 6 heteroatoms. The minimum Gasteiger partial charge on any atom is -0.324 e. The van der Waals surface area contributed by atoms with Gasteiger partial charge in [-0.2, -0.15) is 15.0 Å². The SMILES string of the molecule is CCCCCCCCSc1nc(Nc2cc(C)cc(C)c2)nc(SCCCCCCCC)n1. The van der Waals surface area contributed by atoms with E-state index in [-0.39, 0.29) is 0 Å². The molecule has 0 spiro atoms. The molecule has 0 bridgehead atoms. The van der Waals surface area contributed by atoms with Gasteiger partial charge in [0.15, 0.2) is 10.3 Å². The lowest BCUT2D eigenvalue weighted by Gasteiger charge is -2.10. The third kappa shape index (κ3) is 12.7. The quantitative estimate of drug-likeness (QED) is 0.167. The molecular formula is C27H44N4S2. The van der Waals surface area contributed by atoms with Crippen LogP contribution in [0.15, 0.2) is 28.5 Å². The zero-order valence-electron chi connectivity index (χ0n) is 21.3. The lowest BCUT2D eigenvalue weighted by atomic mass is 10.1. The summed E-state index contributed by atoms with van der Waals surface area (Å²) < 4.78 is 0. The molecule has 1 aromatic carbocycles. The van der Waals surface area contributed by atoms with Crippen molar-refractivity contribution in [2.45, 2.75) is 115 Å². The Kier molecular flexibility index (Phi) is 14.6. The fraction of sp³-hybridized carbons (Fsp3) is 0.667. The molecule has 0 saturated heterocycles. The molecule has 1 heterocycles. The molecule has 0 unspecified atom stereocenters. The van der Waals surface area contributed by atoms with Gasteiger partial charge >= 0.3 is 0 Å².